The molecule has 0 aliphatic carbocycles. The number of nitrogens with zero attached hydrogens (tertiary/aromatic N) is 2. The van der Waals surface area contributed by atoms with Crippen molar-refractivity contribution in [2.75, 3.05) is 6.61 Å². The van der Waals surface area contributed by atoms with Gasteiger partial charge >= 0.3 is 0 Å². The zero-order valence-corrected chi connectivity index (χ0v) is 18.5. The molecule has 29 heavy (non-hydrogen) atoms. The fraction of sp³-hybridized carbons (Fsp3) is 0.455. The molecule has 1 saturated heterocycles. The summed E-state index contributed by atoms with van der Waals surface area (Å²) in [5, 5.41) is 21.0. The molecule has 0 bridgehead atoms. The van der Waals surface area contributed by atoms with Gasteiger partial charge in [0.2, 0.25) is 5.91 Å². The van der Waals surface area contributed by atoms with Crippen molar-refractivity contribution in [2.24, 2.45) is 11.8 Å². The van der Waals surface area contributed by atoms with Gasteiger partial charge in [-0.2, -0.15) is 0 Å². The minimum absolute atomic E-state index is 0.0334. The second-order valence-electron chi connectivity index (χ2n) is 7.83. The standard InChI is InChI=1S/C22H26N2O3S2/c1-12-19-18(14(3)26)21(27)24(19)13(2)20(12)29-22-23-17(11-28-22)16-8-6-15(7-9-16)5-4-10-25/h6-9,11-12,14,18-19,25-26H,4-5,10H2,1-3H3/t12-,14-,18-,19?/m1/s1. The van der Waals surface area contributed by atoms with Crippen molar-refractivity contribution in [2.45, 2.75) is 50.1 Å². The van der Waals surface area contributed by atoms with Crippen LogP contribution in [0.2, 0.25) is 0 Å². The monoisotopic (exact) mass is 430 g/mol. The summed E-state index contributed by atoms with van der Waals surface area (Å²) in [7, 11) is 0. The van der Waals surface area contributed by atoms with Crippen LogP contribution in [0.5, 0.6) is 0 Å². The third kappa shape index (κ3) is 3.65. The van der Waals surface area contributed by atoms with Crippen molar-refractivity contribution in [3.05, 3.63) is 45.8 Å². The Morgan fingerprint density at radius 3 is 2.69 bits per heavy atom. The van der Waals surface area contributed by atoms with E-state index >= 15 is 0 Å². The Hall–Kier alpha value is -1.67. The van der Waals surface area contributed by atoms with Gasteiger partial charge in [0.05, 0.1) is 23.8 Å². The average Bonchev–Trinajstić information content (AvgIpc) is 3.23. The summed E-state index contributed by atoms with van der Waals surface area (Å²) in [5.74, 6) is -0.0595. The lowest BCUT2D eigenvalue weighted by Crippen LogP contribution is -2.62. The summed E-state index contributed by atoms with van der Waals surface area (Å²) in [6.45, 7) is 6.05. The second kappa shape index (κ2) is 8.22. The number of aliphatic hydroxyl groups excluding tert-OH is 2. The maximum Gasteiger partial charge on any atom is 0.234 e. The zero-order chi connectivity index (χ0) is 20.7. The van der Waals surface area contributed by atoms with Gasteiger partial charge in [-0.1, -0.05) is 43.0 Å². The SMILES string of the molecule is CC1=C(Sc2nc(-c3ccc(CCCO)cc3)cs2)[C@H](C)C2[C@@H]([C@@H](C)O)C(=O)N12. The molecule has 1 amide bonds. The van der Waals surface area contributed by atoms with Crippen molar-refractivity contribution in [3.63, 3.8) is 0 Å². The Bertz CT molecular complexity index is 936. The highest BCUT2D eigenvalue weighted by Gasteiger charge is 2.57. The Morgan fingerprint density at radius 1 is 1.31 bits per heavy atom. The van der Waals surface area contributed by atoms with Crippen LogP contribution in [0.25, 0.3) is 11.3 Å². The average molecular weight is 431 g/mol. The number of rotatable bonds is 7. The first-order chi connectivity index (χ1) is 13.9. The highest BCUT2D eigenvalue weighted by molar-refractivity contribution is 8.04. The maximum atomic E-state index is 12.4. The number of carbonyl (C=O) groups is 1. The molecule has 0 saturated carbocycles. The number of aromatic nitrogens is 1. The van der Waals surface area contributed by atoms with Crippen molar-refractivity contribution in [1.82, 2.24) is 9.88 Å². The number of carbonyl (C=O) groups excluding carboxylic acids is 1. The van der Waals surface area contributed by atoms with E-state index in [1.807, 2.05) is 11.8 Å². The fourth-order valence-electron chi connectivity index (χ4n) is 4.37. The normalized spacial score (nSPS) is 24.7. The van der Waals surface area contributed by atoms with E-state index in [1.54, 1.807) is 30.0 Å². The lowest BCUT2D eigenvalue weighted by molar-refractivity contribution is -0.159. The van der Waals surface area contributed by atoms with E-state index in [0.717, 1.165) is 34.1 Å². The van der Waals surface area contributed by atoms with E-state index in [4.69, 9.17) is 10.1 Å². The third-order valence-corrected chi connectivity index (χ3v) is 8.23. The summed E-state index contributed by atoms with van der Waals surface area (Å²) >= 11 is 3.26. The number of aliphatic hydroxyl groups is 2. The van der Waals surface area contributed by atoms with Gasteiger partial charge in [-0.15, -0.1) is 11.3 Å². The predicted molar refractivity (Wildman–Crippen MR) is 116 cm³/mol. The first kappa shape index (κ1) is 20.6. The molecule has 1 aromatic heterocycles. The van der Waals surface area contributed by atoms with Gasteiger partial charge in [-0.05, 0) is 32.3 Å². The van der Waals surface area contributed by atoms with E-state index in [1.165, 1.54) is 10.5 Å². The van der Waals surface area contributed by atoms with Gasteiger partial charge in [-0.3, -0.25) is 4.79 Å². The minimum atomic E-state index is -0.616. The van der Waals surface area contributed by atoms with Crippen molar-refractivity contribution >= 4 is 29.0 Å². The Morgan fingerprint density at radius 2 is 2.03 bits per heavy atom. The molecule has 1 unspecified atom stereocenters. The van der Waals surface area contributed by atoms with Crippen LogP contribution in [0.4, 0.5) is 0 Å². The summed E-state index contributed by atoms with van der Waals surface area (Å²) < 4.78 is 0.967. The number of thiazole rings is 1. The molecule has 0 spiro atoms. The number of β-lactam (4-membered cyclic amide) rings is 1. The maximum absolute atomic E-state index is 12.4. The number of hydrogen-bond donors (Lipinski definition) is 2. The number of benzene rings is 1. The van der Waals surface area contributed by atoms with E-state index in [0.29, 0.717) is 0 Å². The fourth-order valence-corrected chi connectivity index (χ4v) is 6.44. The molecule has 2 aliphatic rings. The largest absolute Gasteiger partial charge is 0.396 e. The van der Waals surface area contributed by atoms with Gasteiger partial charge in [0, 0.05) is 34.1 Å². The van der Waals surface area contributed by atoms with Crippen molar-refractivity contribution in [1.29, 1.82) is 0 Å². The van der Waals surface area contributed by atoms with Crippen LogP contribution < -0.4 is 0 Å². The first-order valence-corrected chi connectivity index (χ1v) is 11.7. The van der Waals surface area contributed by atoms with Crippen LogP contribution in [0, 0.1) is 11.8 Å². The molecule has 4 rings (SSSR count). The zero-order valence-electron chi connectivity index (χ0n) is 16.8. The molecule has 2 aliphatic heterocycles. The first-order valence-electron chi connectivity index (χ1n) is 9.97. The van der Waals surface area contributed by atoms with Crippen LogP contribution in [-0.4, -0.2) is 44.8 Å². The van der Waals surface area contributed by atoms with Crippen LogP contribution in [-0.2, 0) is 11.2 Å². The van der Waals surface area contributed by atoms with Crippen LogP contribution in [0.1, 0.15) is 32.8 Å². The molecule has 5 nitrogen and oxygen atoms in total. The highest BCUT2D eigenvalue weighted by atomic mass is 32.2. The molecule has 0 radical (unpaired) electrons. The quantitative estimate of drug-likeness (QED) is 0.652. The summed E-state index contributed by atoms with van der Waals surface area (Å²) in [4.78, 5) is 20.2. The lowest BCUT2D eigenvalue weighted by Gasteiger charge is -2.46. The molecule has 1 aromatic carbocycles. The number of hydrogen-bond acceptors (Lipinski definition) is 6. The van der Waals surface area contributed by atoms with Crippen LogP contribution in [0.3, 0.4) is 0 Å². The van der Waals surface area contributed by atoms with Gasteiger partial charge in [0.15, 0.2) is 4.34 Å². The molecule has 154 valence electrons. The van der Waals surface area contributed by atoms with E-state index in [2.05, 4.69) is 36.6 Å². The number of aryl methyl sites for hydroxylation is 1. The highest BCUT2D eigenvalue weighted by Crippen LogP contribution is 2.52. The summed E-state index contributed by atoms with van der Waals surface area (Å²) in [6.07, 6.45) is 1.04. The lowest BCUT2D eigenvalue weighted by atomic mass is 9.79. The molecule has 7 heteroatoms. The van der Waals surface area contributed by atoms with Gasteiger partial charge in [0.1, 0.15) is 0 Å². The third-order valence-electron chi connectivity index (χ3n) is 5.91. The Labute approximate surface area is 179 Å². The molecule has 3 heterocycles. The number of allylic oxidation sites excluding steroid dienone is 1. The molecular weight excluding hydrogens is 404 g/mol. The molecule has 2 aromatic rings. The smallest absolute Gasteiger partial charge is 0.234 e. The van der Waals surface area contributed by atoms with Crippen LogP contribution in [0.15, 0.2) is 44.6 Å². The Balaban J connectivity index is 1.48. The van der Waals surface area contributed by atoms with Crippen LogP contribution >= 0.6 is 23.1 Å². The van der Waals surface area contributed by atoms with Gasteiger partial charge in [0.25, 0.3) is 0 Å². The summed E-state index contributed by atoms with van der Waals surface area (Å²) in [6, 6.07) is 8.41. The van der Waals surface area contributed by atoms with Crippen molar-refractivity contribution < 1.29 is 15.0 Å². The summed E-state index contributed by atoms with van der Waals surface area (Å²) in [5.41, 5.74) is 4.25. The van der Waals surface area contributed by atoms with Gasteiger partial charge < -0.3 is 15.1 Å². The molecule has 4 atom stereocenters. The minimum Gasteiger partial charge on any atom is -0.396 e. The van der Waals surface area contributed by atoms with E-state index < -0.39 is 6.10 Å². The van der Waals surface area contributed by atoms with E-state index in [9.17, 15) is 9.90 Å². The number of fused-ring (bicyclic) bond motifs is 1. The number of amides is 1. The topological polar surface area (TPSA) is 73.7 Å². The molecular formula is C22H26N2O3S2. The molecule has 2 N–H and O–H groups in total. The second-order valence-corrected chi connectivity index (χ2v) is 9.98. The predicted octanol–water partition coefficient (Wildman–Crippen LogP) is 3.92. The van der Waals surface area contributed by atoms with Crippen molar-refractivity contribution in [3.8, 4) is 11.3 Å². The molecule has 1 fully saturated rings. The number of thioether (sulfide) groups is 1. The van der Waals surface area contributed by atoms with E-state index in [-0.39, 0.29) is 30.4 Å². The Kier molecular flexibility index (Phi) is 5.84. The van der Waals surface area contributed by atoms with Gasteiger partial charge in [-0.25, -0.2) is 4.98 Å².